The van der Waals surface area contributed by atoms with E-state index in [9.17, 15) is 13.2 Å². The van der Waals surface area contributed by atoms with Crippen molar-refractivity contribution in [3.63, 3.8) is 0 Å². The summed E-state index contributed by atoms with van der Waals surface area (Å²) in [6.45, 7) is 1.79. The van der Waals surface area contributed by atoms with Gasteiger partial charge < -0.3 is 5.32 Å². The topological polar surface area (TPSA) is 105 Å². The van der Waals surface area contributed by atoms with E-state index in [4.69, 9.17) is 0 Å². The maximum atomic E-state index is 13.0. The van der Waals surface area contributed by atoms with Crippen LogP contribution in [-0.2, 0) is 29.4 Å². The van der Waals surface area contributed by atoms with E-state index in [2.05, 4.69) is 20.3 Å². The van der Waals surface area contributed by atoms with Gasteiger partial charge in [0.2, 0.25) is 10.0 Å². The van der Waals surface area contributed by atoms with Crippen molar-refractivity contribution in [2.45, 2.75) is 37.2 Å². The van der Waals surface area contributed by atoms with Crippen LogP contribution in [0.5, 0.6) is 0 Å². The monoisotopic (exact) mass is 426 g/mol. The van der Waals surface area contributed by atoms with Gasteiger partial charge in [-0.15, -0.1) is 0 Å². The van der Waals surface area contributed by atoms with Gasteiger partial charge in [-0.3, -0.25) is 4.79 Å². The predicted octanol–water partition coefficient (Wildman–Crippen LogP) is 2.10. The highest BCUT2D eigenvalue weighted by Gasteiger charge is 2.28. The zero-order valence-corrected chi connectivity index (χ0v) is 17.5. The van der Waals surface area contributed by atoms with Crippen LogP contribution in [0, 0.1) is 6.92 Å². The van der Waals surface area contributed by atoms with Gasteiger partial charge in [0.15, 0.2) is 0 Å². The summed E-state index contributed by atoms with van der Waals surface area (Å²) >= 11 is 0. The minimum atomic E-state index is -3.70. The van der Waals surface area contributed by atoms with E-state index < -0.39 is 10.0 Å². The second kappa shape index (κ2) is 8.00. The second-order valence-corrected chi connectivity index (χ2v) is 9.48. The molecule has 1 atom stereocenters. The van der Waals surface area contributed by atoms with Crippen molar-refractivity contribution in [3.05, 3.63) is 76.6 Å². The van der Waals surface area contributed by atoms with E-state index >= 15 is 0 Å². The number of nitrogens with one attached hydrogen (secondary N) is 1. The van der Waals surface area contributed by atoms with Gasteiger partial charge in [-0.2, -0.15) is 4.31 Å². The number of rotatable bonds is 6. The number of aromatic nitrogens is 2. The van der Waals surface area contributed by atoms with Crippen molar-refractivity contribution in [1.29, 1.82) is 0 Å². The fourth-order valence-electron chi connectivity index (χ4n) is 3.58. The number of fused-ring (bicyclic) bond motifs is 1. The first-order chi connectivity index (χ1) is 14.3. The first-order valence-corrected chi connectivity index (χ1v) is 11.0. The predicted molar refractivity (Wildman–Crippen MR) is 109 cm³/mol. The lowest BCUT2D eigenvalue weighted by atomic mass is 10.1. The third-order valence-corrected chi connectivity index (χ3v) is 7.11. The number of carbonyl (C=O) groups is 1. The third kappa shape index (κ3) is 3.99. The molecule has 3 aromatic rings. The lowest BCUT2D eigenvalue weighted by Gasteiger charge is -2.16. The molecule has 156 valence electrons. The Morgan fingerprint density at radius 1 is 1.13 bits per heavy atom. The molecule has 2 aromatic carbocycles. The Morgan fingerprint density at radius 3 is 2.57 bits per heavy atom. The summed E-state index contributed by atoms with van der Waals surface area (Å²) in [5.74, 6) is -0.127. The summed E-state index contributed by atoms with van der Waals surface area (Å²) in [6, 6.07) is 14.1. The number of hydrogen-bond donors (Lipinski definition) is 1. The summed E-state index contributed by atoms with van der Waals surface area (Å²) in [5, 5.41) is 10.5. The highest BCUT2D eigenvalue weighted by molar-refractivity contribution is 7.89. The van der Waals surface area contributed by atoms with E-state index in [-0.39, 0.29) is 23.4 Å². The first kappa shape index (κ1) is 20.2. The molecule has 1 amide bonds. The molecule has 1 aromatic heterocycles. The van der Waals surface area contributed by atoms with Crippen molar-refractivity contribution in [2.24, 2.45) is 0 Å². The summed E-state index contributed by atoms with van der Waals surface area (Å²) < 4.78 is 31.9. The number of nitrogens with zero attached hydrogens (tertiary/aromatic N) is 3. The van der Waals surface area contributed by atoms with Gasteiger partial charge in [-0.05, 0) is 55.2 Å². The normalized spacial score (nSPS) is 15.9. The Bertz CT molecular complexity index is 1170. The van der Waals surface area contributed by atoms with E-state index in [1.165, 1.54) is 11.4 Å². The number of carbonyl (C=O) groups excluding carboxylic acids is 1. The van der Waals surface area contributed by atoms with Crippen molar-refractivity contribution in [2.75, 3.05) is 7.05 Å². The molecule has 0 saturated heterocycles. The van der Waals surface area contributed by atoms with Crippen LogP contribution in [0.3, 0.4) is 0 Å². The van der Waals surface area contributed by atoms with E-state index in [0.29, 0.717) is 29.8 Å². The molecule has 0 fully saturated rings. The number of benzene rings is 2. The largest absolute Gasteiger partial charge is 0.349 e. The number of aryl methyl sites for hydroxylation is 1. The van der Waals surface area contributed by atoms with Gasteiger partial charge in [0.1, 0.15) is 11.4 Å². The smallest absolute Gasteiger partial charge is 0.251 e. The van der Waals surface area contributed by atoms with Crippen LogP contribution in [0.25, 0.3) is 0 Å². The quantitative estimate of drug-likeness (QED) is 0.647. The standard InChI is InChI=1S/C21H22N4O4S/c1-14-20(24-29-23-14)13-25(2)30(27,28)19-9-8-16-10-18(11-17(16)12-19)22-21(26)15-6-4-3-5-7-15/h3-9,12,18H,10-11,13H2,1-2H3,(H,22,26). The van der Waals surface area contributed by atoms with Crippen molar-refractivity contribution in [1.82, 2.24) is 19.9 Å². The second-order valence-electron chi connectivity index (χ2n) is 7.43. The molecule has 1 heterocycles. The van der Waals surface area contributed by atoms with Gasteiger partial charge in [0, 0.05) is 18.7 Å². The number of sulfonamides is 1. The highest BCUT2D eigenvalue weighted by Crippen LogP contribution is 2.27. The average molecular weight is 426 g/mol. The molecular weight excluding hydrogens is 404 g/mol. The molecule has 1 aliphatic carbocycles. The molecule has 1 N–H and O–H groups in total. The molecule has 0 spiro atoms. The Morgan fingerprint density at radius 2 is 1.87 bits per heavy atom. The number of amides is 1. The summed E-state index contributed by atoms with van der Waals surface area (Å²) in [7, 11) is -2.20. The molecule has 30 heavy (non-hydrogen) atoms. The average Bonchev–Trinajstić information content (AvgIpc) is 3.33. The third-order valence-electron chi connectivity index (χ3n) is 5.31. The van der Waals surface area contributed by atoms with Crippen LogP contribution in [0.15, 0.2) is 58.1 Å². The Hall–Kier alpha value is -3.04. The van der Waals surface area contributed by atoms with Crippen LogP contribution in [0.4, 0.5) is 0 Å². The van der Waals surface area contributed by atoms with Crippen LogP contribution >= 0.6 is 0 Å². The molecular formula is C21H22N4O4S. The van der Waals surface area contributed by atoms with Gasteiger partial charge >= 0.3 is 0 Å². The summed E-state index contributed by atoms with van der Waals surface area (Å²) in [5.41, 5.74) is 3.62. The molecule has 1 aliphatic rings. The van der Waals surface area contributed by atoms with Crippen LogP contribution in [-0.4, -0.2) is 42.0 Å². The minimum absolute atomic E-state index is 0.0627. The molecule has 0 radical (unpaired) electrons. The Balaban J connectivity index is 1.47. The van der Waals surface area contributed by atoms with Gasteiger partial charge in [0.25, 0.3) is 5.91 Å². The van der Waals surface area contributed by atoms with E-state index in [0.717, 1.165) is 11.1 Å². The van der Waals surface area contributed by atoms with E-state index in [1.807, 2.05) is 24.3 Å². The molecule has 9 heteroatoms. The van der Waals surface area contributed by atoms with Crippen molar-refractivity contribution >= 4 is 15.9 Å². The number of hydrogen-bond acceptors (Lipinski definition) is 6. The zero-order valence-electron chi connectivity index (χ0n) is 16.7. The van der Waals surface area contributed by atoms with Crippen LogP contribution < -0.4 is 5.32 Å². The fourth-order valence-corrected chi connectivity index (χ4v) is 4.77. The van der Waals surface area contributed by atoms with Gasteiger partial charge in [-0.1, -0.05) is 34.6 Å². The van der Waals surface area contributed by atoms with Crippen molar-refractivity contribution in [3.8, 4) is 0 Å². The zero-order chi connectivity index (χ0) is 21.3. The van der Waals surface area contributed by atoms with Gasteiger partial charge in [-0.25, -0.2) is 13.0 Å². The van der Waals surface area contributed by atoms with Crippen LogP contribution in [0.2, 0.25) is 0 Å². The van der Waals surface area contributed by atoms with E-state index in [1.54, 1.807) is 31.2 Å². The molecule has 0 bridgehead atoms. The molecule has 1 unspecified atom stereocenters. The lowest BCUT2D eigenvalue weighted by Crippen LogP contribution is -2.35. The Kier molecular flexibility index (Phi) is 5.40. The molecule has 8 nitrogen and oxygen atoms in total. The van der Waals surface area contributed by atoms with Crippen molar-refractivity contribution < 1.29 is 17.8 Å². The highest BCUT2D eigenvalue weighted by atomic mass is 32.2. The van der Waals surface area contributed by atoms with Gasteiger partial charge in [0.05, 0.1) is 11.4 Å². The van der Waals surface area contributed by atoms with Crippen LogP contribution in [0.1, 0.15) is 32.9 Å². The molecule has 4 rings (SSSR count). The maximum absolute atomic E-state index is 13.0. The lowest BCUT2D eigenvalue weighted by molar-refractivity contribution is 0.0938. The SMILES string of the molecule is Cc1nonc1CN(C)S(=O)(=O)c1ccc2c(c1)CC(NC(=O)c1ccccc1)C2. The minimum Gasteiger partial charge on any atom is -0.349 e. The summed E-state index contributed by atoms with van der Waals surface area (Å²) in [4.78, 5) is 12.6. The molecule has 0 saturated carbocycles. The molecule has 0 aliphatic heterocycles. The first-order valence-electron chi connectivity index (χ1n) is 9.56. The maximum Gasteiger partial charge on any atom is 0.251 e. The Labute approximate surface area is 174 Å². The fraction of sp³-hybridized carbons (Fsp3) is 0.286. The summed E-state index contributed by atoms with van der Waals surface area (Å²) in [6.07, 6.45) is 1.27.